The van der Waals surface area contributed by atoms with Gasteiger partial charge in [-0.25, -0.2) is 4.39 Å². The van der Waals surface area contributed by atoms with Crippen molar-refractivity contribution in [3.8, 4) is 0 Å². The van der Waals surface area contributed by atoms with E-state index in [1.807, 2.05) is 0 Å². The maximum atomic E-state index is 13.6. The molecule has 2 N–H and O–H groups in total. The Balaban J connectivity index is 1.65. The van der Waals surface area contributed by atoms with Crippen LogP contribution in [0, 0.1) is 5.82 Å². The van der Waals surface area contributed by atoms with Gasteiger partial charge < -0.3 is 10.6 Å². The second-order valence-corrected chi connectivity index (χ2v) is 5.70. The number of rotatable bonds is 2. The topological polar surface area (TPSA) is 41.1 Å². The molecule has 1 saturated carbocycles. The van der Waals surface area contributed by atoms with Gasteiger partial charge in [0, 0.05) is 11.6 Å². The van der Waals surface area contributed by atoms with Crippen molar-refractivity contribution < 1.29 is 9.18 Å². The Bertz CT molecular complexity index is 485. The summed E-state index contributed by atoms with van der Waals surface area (Å²) in [7, 11) is 0. The lowest BCUT2D eigenvalue weighted by molar-refractivity contribution is 0.0849. The van der Waals surface area contributed by atoms with Crippen LogP contribution < -0.4 is 10.6 Å². The quantitative estimate of drug-likeness (QED) is 0.858. The normalized spacial score (nSPS) is 24.8. The number of carbonyl (C=O) groups excluding carboxylic acids is 1. The Hall–Kier alpha value is -1.42. The van der Waals surface area contributed by atoms with Crippen molar-refractivity contribution >= 4 is 5.91 Å². The fourth-order valence-corrected chi connectivity index (χ4v) is 3.17. The van der Waals surface area contributed by atoms with Crippen LogP contribution in [0.4, 0.5) is 4.39 Å². The van der Waals surface area contributed by atoms with Gasteiger partial charge in [-0.2, -0.15) is 0 Å². The summed E-state index contributed by atoms with van der Waals surface area (Å²) in [5, 5.41) is 6.54. The number of benzene rings is 1. The van der Waals surface area contributed by atoms with E-state index in [1.165, 1.54) is 31.4 Å². The number of hydrogen-bond acceptors (Lipinski definition) is 2. The third kappa shape index (κ3) is 2.50. The lowest BCUT2D eigenvalue weighted by Crippen LogP contribution is -2.59. The van der Waals surface area contributed by atoms with Crippen LogP contribution in [0.1, 0.15) is 42.5 Å². The van der Waals surface area contributed by atoms with Crippen molar-refractivity contribution in [2.24, 2.45) is 0 Å². The van der Waals surface area contributed by atoms with Crippen molar-refractivity contribution in [3.63, 3.8) is 0 Å². The molecule has 2 aliphatic rings. The molecule has 2 fully saturated rings. The first kappa shape index (κ1) is 12.6. The zero-order valence-corrected chi connectivity index (χ0v) is 10.9. The summed E-state index contributed by atoms with van der Waals surface area (Å²) in [5.41, 5.74) is 0.384. The molecule has 1 aliphatic heterocycles. The zero-order chi connectivity index (χ0) is 13.3. The minimum absolute atomic E-state index is 0.142. The molecule has 102 valence electrons. The molecular formula is C15H19FN2O. The fraction of sp³-hybridized carbons (Fsp3) is 0.533. The number of hydrogen-bond donors (Lipinski definition) is 2. The summed E-state index contributed by atoms with van der Waals surface area (Å²) in [6.07, 6.45) is 5.54. The minimum Gasteiger partial charge on any atom is -0.349 e. The molecule has 0 bridgehead atoms. The summed E-state index contributed by atoms with van der Waals surface area (Å²) in [4.78, 5) is 12.1. The number of carbonyl (C=O) groups is 1. The van der Waals surface area contributed by atoms with Crippen molar-refractivity contribution in [2.45, 2.75) is 43.7 Å². The van der Waals surface area contributed by atoms with Crippen molar-refractivity contribution in [3.05, 3.63) is 35.6 Å². The highest BCUT2D eigenvalue weighted by molar-refractivity contribution is 5.94. The summed E-state index contributed by atoms with van der Waals surface area (Å²) in [5.74, 6) is -0.744. The SMILES string of the molecule is O=C(NC1CCNC2(CCC2)C1)c1ccccc1F. The van der Waals surface area contributed by atoms with Gasteiger partial charge in [-0.15, -0.1) is 0 Å². The molecule has 1 spiro atoms. The largest absolute Gasteiger partial charge is 0.349 e. The van der Waals surface area contributed by atoms with Gasteiger partial charge in [0.1, 0.15) is 5.82 Å². The molecule has 3 nitrogen and oxygen atoms in total. The molecule has 1 heterocycles. The number of piperidine rings is 1. The van der Waals surface area contributed by atoms with E-state index in [2.05, 4.69) is 10.6 Å². The van der Waals surface area contributed by atoms with Crippen LogP contribution in [-0.4, -0.2) is 24.0 Å². The molecule has 1 atom stereocenters. The molecule has 3 rings (SSSR count). The number of nitrogens with one attached hydrogen (secondary N) is 2. The second-order valence-electron chi connectivity index (χ2n) is 5.70. The summed E-state index contributed by atoms with van der Waals surface area (Å²) >= 11 is 0. The summed E-state index contributed by atoms with van der Waals surface area (Å²) in [6.45, 7) is 0.933. The molecule has 1 aromatic rings. The van der Waals surface area contributed by atoms with Gasteiger partial charge in [0.05, 0.1) is 5.56 Å². The minimum atomic E-state index is -0.452. The average molecular weight is 262 g/mol. The van der Waals surface area contributed by atoms with Crippen LogP contribution in [0.5, 0.6) is 0 Å². The van der Waals surface area contributed by atoms with Gasteiger partial charge in [-0.3, -0.25) is 4.79 Å². The molecule has 0 radical (unpaired) electrons. The van der Waals surface area contributed by atoms with E-state index in [9.17, 15) is 9.18 Å². The highest BCUT2D eigenvalue weighted by atomic mass is 19.1. The second kappa shape index (κ2) is 4.93. The van der Waals surface area contributed by atoms with Gasteiger partial charge >= 0.3 is 0 Å². The Morgan fingerprint density at radius 2 is 2.16 bits per heavy atom. The third-order valence-corrected chi connectivity index (χ3v) is 4.39. The van der Waals surface area contributed by atoms with Crippen molar-refractivity contribution in [2.75, 3.05) is 6.54 Å². The lowest BCUT2D eigenvalue weighted by Gasteiger charge is -2.48. The molecule has 1 saturated heterocycles. The van der Waals surface area contributed by atoms with E-state index in [4.69, 9.17) is 0 Å². The van der Waals surface area contributed by atoms with Gasteiger partial charge in [-0.1, -0.05) is 12.1 Å². The number of halogens is 1. The summed E-state index contributed by atoms with van der Waals surface area (Å²) < 4.78 is 13.6. The third-order valence-electron chi connectivity index (χ3n) is 4.39. The number of amides is 1. The van der Waals surface area contributed by atoms with E-state index < -0.39 is 5.82 Å². The smallest absolute Gasteiger partial charge is 0.254 e. The predicted octanol–water partition coefficient (Wildman–Crippen LogP) is 2.23. The maximum Gasteiger partial charge on any atom is 0.254 e. The zero-order valence-electron chi connectivity index (χ0n) is 10.9. The Labute approximate surface area is 112 Å². The summed E-state index contributed by atoms with van der Waals surface area (Å²) in [6, 6.07) is 6.30. The lowest BCUT2D eigenvalue weighted by atomic mass is 9.70. The Kier molecular flexibility index (Phi) is 3.27. The van der Waals surface area contributed by atoms with E-state index in [-0.39, 0.29) is 23.1 Å². The highest BCUT2D eigenvalue weighted by Gasteiger charge is 2.41. The maximum absolute atomic E-state index is 13.6. The Morgan fingerprint density at radius 3 is 2.84 bits per heavy atom. The predicted molar refractivity (Wildman–Crippen MR) is 71.5 cm³/mol. The van der Waals surface area contributed by atoms with Crippen molar-refractivity contribution in [1.82, 2.24) is 10.6 Å². The van der Waals surface area contributed by atoms with Crippen LogP contribution in [0.2, 0.25) is 0 Å². The van der Waals surface area contributed by atoms with Crippen LogP contribution in [0.3, 0.4) is 0 Å². The first-order valence-electron chi connectivity index (χ1n) is 6.99. The molecule has 1 aromatic carbocycles. The van der Waals surface area contributed by atoms with Gasteiger partial charge in [-0.05, 0) is 50.8 Å². The monoisotopic (exact) mass is 262 g/mol. The van der Waals surface area contributed by atoms with Crippen LogP contribution in [0.15, 0.2) is 24.3 Å². The molecule has 1 amide bonds. The fourth-order valence-electron chi connectivity index (χ4n) is 3.17. The van der Waals surface area contributed by atoms with Crippen molar-refractivity contribution in [1.29, 1.82) is 0 Å². The van der Waals surface area contributed by atoms with E-state index in [0.29, 0.717) is 0 Å². The van der Waals surface area contributed by atoms with Crippen LogP contribution in [0.25, 0.3) is 0 Å². The van der Waals surface area contributed by atoms with E-state index in [1.54, 1.807) is 12.1 Å². The standard InChI is InChI=1S/C15H19FN2O/c16-13-5-2-1-4-12(13)14(19)18-11-6-9-17-15(10-11)7-3-8-15/h1-2,4-5,11,17H,3,6-10H2,(H,18,19). The van der Waals surface area contributed by atoms with Gasteiger partial charge in [0.15, 0.2) is 0 Å². The molecule has 1 unspecified atom stereocenters. The molecular weight excluding hydrogens is 243 g/mol. The molecule has 0 aromatic heterocycles. The van der Waals surface area contributed by atoms with Gasteiger partial charge in [0.2, 0.25) is 0 Å². The van der Waals surface area contributed by atoms with E-state index in [0.717, 1.165) is 19.4 Å². The van der Waals surface area contributed by atoms with Gasteiger partial charge in [0.25, 0.3) is 5.91 Å². The molecule has 1 aliphatic carbocycles. The first-order valence-corrected chi connectivity index (χ1v) is 6.99. The Morgan fingerprint density at radius 1 is 1.37 bits per heavy atom. The molecule has 4 heteroatoms. The molecule has 19 heavy (non-hydrogen) atoms. The van der Waals surface area contributed by atoms with Crippen LogP contribution in [-0.2, 0) is 0 Å². The average Bonchev–Trinajstić information content (AvgIpc) is 2.37. The van der Waals surface area contributed by atoms with E-state index >= 15 is 0 Å². The van der Waals surface area contributed by atoms with Crippen LogP contribution >= 0.6 is 0 Å². The first-order chi connectivity index (χ1) is 9.19. The highest BCUT2D eigenvalue weighted by Crippen LogP contribution is 2.38.